The highest BCUT2D eigenvalue weighted by Gasteiger charge is 2.18. The Kier molecular flexibility index (Phi) is 5.76. The van der Waals surface area contributed by atoms with Crippen molar-refractivity contribution in [2.24, 2.45) is 0 Å². The van der Waals surface area contributed by atoms with Gasteiger partial charge in [0.2, 0.25) is 0 Å². The number of aromatic nitrogens is 2. The number of carboxylic acid groups (broad SMARTS) is 1. The minimum atomic E-state index is -0.925. The average molecular weight is 415 g/mol. The van der Waals surface area contributed by atoms with E-state index in [-0.39, 0.29) is 0 Å². The normalized spacial score (nSPS) is 11.1. The van der Waals surface area contributed by atoms with Crippen molar-refractivity contribution < 1.29 is 14.6 Å². The van der Waals surface area contributed by atoms with Gasteiger partial charge in [-0.25, -0.2) is 9.78 Å². The number of fused-ring (bicyclic) bond motifs is 1. The largest absolute Gasteiger partial charge is 0.494 e. The number of carboxylic acids is 1. The lowest BCUT2D eigenvalue weighted by Gasteiger charge is -2.15. The number of hydrogen-bond acceptors (Lipinski definition) is 3. The second-order valence-corrected chi connectivity index (χ2v) is 7.64. The fourth-order valence-electron chi connectivity index (χ4n) is 4.08. The smallest absolute Gasteiger partial charge is 0.336 e. The van der Waals surface area contributed by atoms with Gasteiger partial charge in [-0.1, -0.05) is 43.7 Å². The van der Waals surface area contributed by atoms with Crippen molar-refractivity contribution in [1.82, 2.24) is 9.55 Å². The van der Waals surface area contributed by atoms with Crippen LogP contribution < -0.4 is 4.74 Å². The molecule has 1 heterocycles. The summed E-state index contributed by atoms with van der Waals surface area (Å²) in [6.07, 6.45) is 3.01. The fourth-order valence-corrected chi connectivity index (χ4v) is 4.08. The van der Waals surface area contributed by atoms with E-state index in [9.17, 15) is 9.90 Å². The quantitative estimate of drug-likeness (QED) is 0.400. The molecule has 1 N–H and O–H groups in total. The van der Waals surface area contributed by atoms with Crippen LogP contribution >= 0.6 is 0 Å². The van der Waals surface area contributed by atoms with Crippen LogP contribution in [-0.2, 0) is 6.42 Å². The first kappa shape index (κ1) is 20.7. The van der Waals surface area contributed by atoms with E-state index in [0.29, 0.717) is 5.56 Å². The maximum Gasteiger partial charge on any atom is 0.336 e. The third-order valence-corrected chi connectivity index (χ3v) is 5.60. The first-order chi connectivity index (χ1) is 15.0. The van der Waals surface area contributed by atoms with Gasteiger partial charge in [0.25, 0.3) is 0 Å². The number of methoxy groups -OCH3 is 1. The minimum absolute atomic E-state index is 0.303. The number of carbonyl (C=O) groups is 1. The number of unbranched alkanes of at least 4 members (excludes halogenated alkanes) is 1. The number of aromatic carboxylic acids is 1. The summed E-state index contributed by atoms with van der Waals surface area (Å²) in [6, 6.07) is 19.2. The Morgan fingerprint density at radius 2 is 1.87 bits per heavy atom. The second kappa shape index (κ2) is 8.64. The molecule has 0 aliphatic heterocycles. The molecule has 0 amide bonds. The molecule has 31 heavy (non-hydrogen) atoms. The number of benzene rings is 3. The van der Waals surface area contributed by atoms with Crippen LogP contribution in [0, 0.1) is 6.92 Å². The van der Waals surface area contributed by atoms with Crippen LogP contribution in [0.4, 0.5) is 0 Å². The van der Waals surface area contributed by atoms with Crippen molar-refractivity contribution in [1.29, 1.82) is 0 Å². The molecule has 5 nitrogen and oxygen atoms in total. The van der Waals surface area contributed by atoms with Gasteiger partial charge in [0, 0.05) is 12.1 Å². The van der Waals surface area contributed by atoms with Gasteiger partial charge in [0.15, 0.2) is 0 Å². The molecule has 3 aromatic carbocycles. The number of rotatable bonds is 7. The Bertz CT molecular complexity index is 1260. The Morgan fingerprint density at radius 3 is 2.58 bits per heavy atom. The maximum absolute atomic E-state index is 11.7. The van der Waals surface area contributed by atoms with Crippen LogP contribution in [0.2, 0.25) is 0 Å². The average Bonchev–Trinajstić information content (AvgIpc) is 3.16. The predicted octanol–water partition coefficient (Wildman–Crippen LogP) is 6.05. The van der Waals surface area contributed by atoms with Crippen LogP contribution in [0.25, 0.3) is 27.8 Å². The zero-order chi connectivity index (χ0) is 22.0. The van der Waals surface area contributed by atoms with E-state index >= 15 is 0 Å². The third-order valence-electron chi connectivity index (χ3n) is 5.60. The molecule has 0 atom stereocenters. The molecule has 0 saturated carbocycles. The topological polar surface area (TPSA) is 64.4 Å². The summed E-state index contributed by atoms with van der Waals surface area (Å²) in [6.45, 7) is 4.19. The number of ether oxygens (including phenoxy) is 1. The van der Waals surface area contributed by atoms with E-state index in [0.717, 1.165) is 64.2 Å². The van der Waals surface area contributed by atoms with Crippen molar-refractivity contribution in [2.75, 3.05) is 7.11 Å². The number of aryl methyl sites for hydroxylation is 2. The summed E-state index contributed by atoms with van der Waals surface area (Å²) in [4.78, 5) is 16.6. The molecule has 4 aromatic rings. The summed E-state index contributed by atoms with van der Waals surface area (Å²) < 4.78 is 7.82. The summed E-state index contributed by atoms with van der Waals surface area (Å²) in [5.41, 5.74) is 5.79. The molecular weight excluding hydrogens is 388 g/mol. The Morgan fingerprint density at radius 1 is 1.06 bits per heavy atom. The van der Waals surface area contributed by atoms with Gasteiger partial charge < -0.3 is 9.84 Å². The van der Waals surface area contributed by atoms with Crippen molar-refractivity contribution in [2.45, 2.75) is 33.1 Å². The molecule has 0 bridgehead atoms. The van der Waals surface area contributed by atoms with Gasteiger partial charge in [-0.15, -0.1) is 0 Å². The first-order valence-corrected chi connectivity index (χ1v) is 10.5. The molecule has 158 valence electrons. The second-order valence-electron chi connectivity index (χ2n) is 7.64. The van der Waals surface area contributed by atoms with Gasteiger partial charge in [0.05, 0.1) is 18.2 Å². The van der Waals surface area contributed by atoms with E-state index in [1.54, 1.807) is 19.2 Å². The molecule has 0 saturated heterocycles. The van der Waals surface area contributed by atoms with E-state index in [1.165, 1.54) is 0 Å². The summed E-state index contributed by atoms with van der Waals surface area (Å²) in [5.74, 6) is 0.858. The zero-order valence-electron chi connectivity index (χ0n) is 18.1. The molecule has 0 aliphatic carbocycles. The summed E-state index contributed by atoms with van der Waals surface area (Å²) in [7, 11) is 1.68. The molecule has 0 unspecified atom stereocenters. The minimum Gasteiger partial charge on any atom is -0.494 e. The lowest BCUT2D eigenvalue weighted by Crippen LogP contribution is -2.04. The van der Waals surface area contributed by atoms with Gasteiger partial charge in [0.1, 0.15) is 17.1 Å². The van der Waals surface area contributed by atoms with E-state index in [2.05, 4.69) is 17.6 Å². The number of para-hydroxylation sites is 1. The monoisotopic (exact) mass is 414 g/mol. The van der Waals surface area contributed by atoms with Gasteiger partial charge in [-0.2, -0.15) is 0 Å². The van der Waals surface area contributed by atoms with Crippen molar-refractivity contribution >= 4 is 17.0 Å². The van der Waals surface area contributed by atoms with Gasteiger partial charge in [-0.05, 0) is 60.4 Å². The highest BCUT2D eigenvalue weighted by molar-refractivity contribution is 5.96. The van der Waals surface area contributed by atoms with Crippen LogP contribution in [0.15, 0.2) is 60.7 Å². The van der Waals surface area contributed by atoms with Gasteiger partial charge >= 0.3 is 5.97 Å². The highest BCUT2D eigenvalue weighted by atomic mass is 16.5. The molecule has 0 fully saturated rings. The molecule has 0 aliphatic rings. The standard InChI is InChI=1S/C26H26N2O3/c1-4-5-13-24-27-22-11-8-12-23(31-3)25(22)28(24)18-14-15-19(17(2)16-18)20-9-6-7-10-21(20)26(29)30/h6-12,14-16H,4-5,13H2,1-3H3,(H,29,30). The molecule has 0 spiro atoms. The SMILES string of the molecule is CCCCc1nc2cccc(OC)c2n1-c1ccc(-c2ccccc2C(=O)O)c(C)c1. The first-order valence-electron chi connectivity index (χ1n) is 10.5. The van der Waals surface area contributed by atoms with Crippen LogP contribution in [0.5, 0.6) is 5.75 Å². The summed E-state index contributed by atoms with van der Waals surface area (Å²) >= 11 is 0. The number of imidazole rings is 1. The lowest BCUT2D eigenvalue weighted by atomic mass is 9.95. The van der Waals surface area contributed by atoms with Crippen molar-refractivity contribution in [3.8, 4) is 22.6 Å². The maximum atomic E-state index is 11.7. The third kappa shape index (κ3) is 3.79. The van der Waals surface area contributed by atoms with Gasteiger partial charge in [-0.3, -0.25) is 4.57 Å². The number of nitrogens with zero attached hydrogens (tertiary/aromatic N) is 2. The van der Waals surface area contributed by atoms with Crippen molar-refractivity contribution in [3.05, 3.63) is 77.6 Å². The molecule has 0 radical (unpaired) electrons. The van der Waals surface area contributed by atoms with Crippen LogP contribution in [0.1, 0.15) is 41.5 Å². The van der Waals surface area contributed by atoms with Crippen LogP contribution in [0.3, 0.4) is 0 Å². The fraction of sp³-hybridized carbons (Fsp3) is 0.231. The Labute approximate surface area is 181 Å². The predicted molar refractivity (Wildman–Crippen MR) is 123 cm³/mol. The lowest BCUT2D eigenvalue weighted by molar-refractivity contribution is 0.0697. The molecule has 1 aromatic heterocycles. The molecule has 4 rings (SSSR count). The van der Waals surface area contributed by atoms with E-state index in [1.807, 2.05) is 49.4 Å². The Hall–Kier alpha value is -3.60. The number of hydrogen-bond donors (Lipinski definition) is 1. The zero-order valence-corrected chi connectivity index (χ0v) is 18.1. The Balaban J connectivity index is 1.90. The molecular formula is C26H26N2O3. The molecule has 5 heteroatoms. The van der Waals surface area contributed by atoms with E-state index in [4.69, 9.17) is 9.72 Å². The van der Waals surface area contributed by atoms with E-state index < -0.39 is 5.97 Å². The van der Waals surface area contributed by atoms with Crippen LogP contribution in [-0.4, -0.2) is 27.7 Å². The van der Waals surface area contributed by atoms with Crippen molar-refractivity contribution in [3.63, 3.8) is 0 Å². The highest BCUT2D eigenvalue weighted by Crippen LogP contribution is 2.33. The summed E-state index contributed by atoms with van der Waals surface area (Å²) in [5, 5.41) is 9.59.